The number of carbonyl (C=O) groups excluding carboxylic acids is 1. The van der Waals surface area contributed by atoms with E-state index in [1.807, 2.05) is 31.2 Å². The van der Waals surface area contributed by atoms with E-state index in [0.717, 1.165) is 16.9 Å². The Morgan fingerprint density at radius 2 is 1.62 bits per heavy atom. The molecule has 0 aliphatic carbocycles. The molecule has 5 nitrogen and oxygen atoms in total. The molecule has 0 N–H and O–H groups in total. The summed E-state index contributed by atoms with van der Waals surface area (Å²) in [7, 11) is 6.55. The van der Waals surface area contributed by atoms with Crippen molar-refractivity contribution in [2.24, 2.45) is 0 Å². The Morgan fingerprint density at radius 3 is 2.17 bits per heavy atom. The molecule has 0 atom stereocenters. The zero-order valence-electron chi connectivity index (χ0n) is 14.8. The van der Waals surface area contributed by atoms with Crippen LogP contribution in [0.1, 0.15) is 21.5 Å². The van der Waals surface area contributed by atoms with E-state index in [1.165, 1.54) is 0 Å². The number of carbonyl (C=O) groups is 1. The summed E-state index contributed by atoms with van der Waals surface area (Å²) in [6.07, 6.45) is 0. The molecule has 128 valence electrons. The minimum atomic E-state index is -0.102. The number of amides is 1. The lowest BCUT2D eigenvalue weighted by molar-refractivity contribution is 0.0784. The smallest absolute Gasteiger partial charge is 0.254 e. The van der Waals surface area contributed by atoms with Gasteiger partial charge < -0.3 is 19.1 Å². The number of nitrogens with zero attached hydrogens (tertiary/aromatic N) is 1. The second-order valence-electron chi connectivity index (χ2n) is 5.52. The van der Waals surface area contributed by atoms with Crippen LogP contribution in [0.2, 0.25) is 0 Å². The normalized spacial score (nSPS) is 10.2. The van der Waals surface area contributed by atoms with Crippen LogP contribution in [0.5, 0.6) is 17.2 Å². The molecule has 0 fully saturated rings. The predicted molar refractivity (Wildman–Crippen MR) is 93.1 cm³/mol. The third-order valence-corrected chi connectivity index (χ3v) is 3.90. The van der Waals surface area contributed by atoms with Crippen LogP contribution in [-0.2, 0) is 6.54 Å². The van der Waals surface area contributed by atoms with Crippen molar-refractivity contribution in [2.45, 2.75) is 13.5 Å². The Bertz CT molecular complexity index is 702. The molecule has 0 saturated carbocycles. The maximum Gasteiger partial charge on any atom is 0.254 e. The molecule has 5 heteroatoms. The van der Waals surface area contributed by atoms with Gasteiger partial charge in [0.1, 0.15) is 17.2 Å². The van der Waals surface area contributed by atoms with E-state index in [0.29, 0.717) is 23.6 Å². The standard InChI is InChI=1S/C19H23NO4/c1-13-17(23-4)10-15(11-18(13)24-5)19(21)20(2)12-14-7-6-8-16(9-14)22-3/h6-11H,12H2,1-5H3. The zero-order chi connectivity index (χ0) is 17.7. The number of methoxy groups -OCH3 is 3. The van der Waals surface area contributed by atoms with Crippen molar-refractivity contribution in [1.29, 1.82) is 0 Å². The molecule has 0 bridgehead atoms. The largest absolute Gasteiger partial charge is 0.497 e. The molecule has 1 amide bonds. The molecule has 2 aromatic carbocycles. The first-order valence-corrected chi connectivity index (χ1v) is 7.61. The fraction of sp³-hybridized carbons (Fsp3) is 0.316. The van der Waals surface area contributed by atoms with E-state index in [2.05, 4.69) is 0 Å². The second-order valence-corrected chi connectivity index (χ2v) is 5.52. The average Bonchev–Trinajstić information content (AvgIpc) is 2.61. The van der Waals surface area contributed by atoms with Gasteiger partial charge in [-0.25, -0.2) is 0 Å². The number of rotatable bonds is 6. The number of ether oxygens (including phenoxy) is 3. The maximum atomic E-state index is 12.7. The Kier molecular flexibility index (Phi) is 5.68. The third-order valence-electron chi connectivity index (χ3n) is 3.90. The predicted octanol–water partition coefficient (Wildman–Crippen LogP) is 3.29. The summed E-state index contributed by atoms with van der Waals surface area (Å²) in [5.74, 6) is 1.93. The number of benzene rings is 2. The van der Waals surface area contributed by atoms with E-state index >= 15 is 0 Å². The fourth-order valence-electron chi connectivity index (χ4n) is 2.55. The lowest BCUT2D eigenvalue weighted by atomic mass is 10.1. The van der Waals surface area contributed by atoms with Gasteiger partial charge in [0.15, 0.2) is 0 Å². The molecular weight excluding hydrogens is 306 g/mol. The van der Waals surface area contributed by atoms with Crippen molar-refractivity contribution in [1.82, 2.24) is 4.90 Å². The maximum absolute atomic E-state index is 12.7. The first-order chi connectivity index (χ1) is 11.5. The highest BCUT2D eigenvalue weighted by molar-refractivity contribution is 5.95. The van der Waals surface area contributed by atoms with Crippen LogP contribution in [0, 0.1) is 6.92 Å². The summed E-state index contributed by atoms with van der Waals surface area (Å²) >= 11 is 0. The van der Waals surface area contributed by atoms with Crippen molar-refractivity contribution < 1.29 is 19.0 Å². The Morgan fingerprint density at radius 1 is 1.00 bits per heavy atom. The van der Waals surface area contributed by atoms with Crippen LogP contribution >= 0.6 is 0 Å². The molecule has 2 aromatic rings. The number of hydrogen-bond donors (Lipinski definition) is 0. The van der Waals surface area contributed by atoms with Gasteiger partial charge in [-0.15, -0.1) is 0 Å². The summed E-state index contributed by atoms with van der Waals surface area (Å²) in [4.78, 5) is 14.4. The van der Waals surface area contributed by atoms with Crippen molar-refractivity contribution in [2.75, 3.05) is 28.4 Å². The molecule has 0 aliphatic heterocycles. The summed E-state index contributed by atoms with van der Waals surface area (Å²) in [6, 6.07) is 11.1. The minimum absolute atomic E-state index is 0.102. The lowest BCUT2D eigenvalue weighted by Crippen LogP contribution is -2.26. The van der Waals surface area contributed by atoms with Gasteiger partial charge in [0.25, 0.3) is 5.91 Å². The van der Waals surface area contributed by atoms with Crippen LogP contribution in [-0.4, -0.2) is 39.2 Å². The molecule has 0 spiro atoms. The molecule has 0 aromatic heterocycles. The van der Waals surface area contributed by atoms with Gasteiger partial charge >= 0.3 is 0 Å². The molecule has 0 saturated heterocycles. The van der Waals surface area contributed by atoms with E-state index in [9.17, 15) is 4.79 Å². The van der Waals surface area contributed by atoms with Gasteiger partial charge in [0.2, 0.25) is 0 Å². The quantitative estimate of drug-likeness (QED) is 0.816. The third kappa shape index (κ3) is 3.79. The summed E-state index contributed by atoms with van der Waals surface area (Å²) in [6.45, 7) is 2.38. The summed E-state index contributed by atoms with van der Waals surface area (Å²) < 4.78 is 15.9. The first-order valence-electron chi connectivity index (χ1n) is 7.61. The van der Waals surface area contributed by atoms with Crippen molar-refractivity contribution in [3.8, 4) is 17.2 Å². The van der Waals surface area contributed by atoms with Crippen LogP contribution < -0.4 is 14.2 Å². The second kappa shape index (κ2) is 7.73. The molecule has 0 radical (unpaired) electrons. The van der Waals surface area contributed by atoms with E-state index < -0.39 is 0 Å². The molecule has 2 rings (SSSR count). The monoisotopic (exact) mass is 329 g/mol. The number of hydrogen-bond acceptors (Lipinski definition) is 4. The van der Waals surface area contributed by atoms with Crippen LogP contribution in [0.3, 0.4) is 0 Å². The first kappa shape index (κ1) is 17.7. The van der Waals surface area contributed by atoms with Gasteiger partial charge in [0, 0.05) is 24.7 Å². The average molecular weight is 329 g/mol. The van der Waals surface area contributed by atoms with Gasteiger partial charge in [-0.2, -0.15) is 0 Å². The van der Waals surface area contributed by atoms with Crippen molar-refractivity contribution in [3.05, 3.63) is 53.1 Å². The van der Waals surface area contributed by atoms with Gasteiger partial charge in [-0.05, 0) is 36.8 Å². The van der Waals surface area contributed by atoms with E-state index in [1.54, 1.807) is 45.4 Å². The van der Waals surface area contributed by atoms with Crippen molar-refractivity contribution >= 4 is 5.91 Å². The van der Waals surface area contributed by atoms with Crippen LogP contribution in [0.25, 0.3) is 0 Å². The molecule has 0 aliphatic rings. The fourth-order valence-corrected chi connectivity index (χ4v) is 2.55. The summed E-state index contributed by atoms with van der Waals surface area (Å²) in [5.41, 5.74) is 2.39. The Hall–Kier alpha value is -2.69. The van der Waals surface area contributed by atoms with E-state index in [-0.39, 0.29) is 5.91 Å². The molecular formula is C19H23NO4. The van der Waals surface area contributed by atoms with Gasteiger partial charge in [0.05, 0.1) is 21.3 Å². The zero-order valence-corrected chi connectivity index (χ0v) is 14.8. The lowest BCUT2D eigenvalue weighted by Gasteiger charge is -2.19. The highest BCUT2D eigenvalue weighted by Crippen LogP contribution is 2.30. The molecule has 0 heterocycles. The Labute approximate surface area is 142 Å². The summed E-state index contributed by atoms with van der Waals surface area (Å²) in [5, 5.41) is 0. The highest BCUT2D eigenvalue weighted by atomic mass is 16.5. The highest BCUT2D eigenvalue weighted by Gasteiger charge is 2.17. The molecule has 0 unspecified atom stereocenters. The van der Waals surface area contributed by atoms with Crippen molar-refractivity contribution in [3.63, 3.8) is 0 Å². The van der Waals surface area contributed by atoms with Crippen LogP contribution in [0.4, 0.5) is 0 Å². The SMILES string of the molecule is COc1cccc(CN(C)C(=O)c2cc(OC)c(C)c(OC)c2)c1. The van der Waals surface area contributed by atoms with Gasteiger partial charge in [-0.3, -0.25) is 4.79 Å². The van der Waals surface area contributed by atoms with Gasteiger partial charge in [-0.1, -0.05) is 12.1 Å². The molecule has 24 heavy (non-hydrogen) atoms. The Balaban J connectivity index is 2.24. The van der Waals surface area contributed by atoms with E-state index in [4.69, 9.17) is 14.2 Å². The van der Waals surface area contributed by atoms with Crippen LogP contribution in [0.15, 0.2) is 36.4 Å². The minimum Gasteiger partial charge on any atom is -0.497 e. The topological polar surface area (TPSA) is 48.0 Å².